The maximum absolute atomic E-state index is 14.0. The van der Waals surface area contributed by atoms with Crippen molar-refractivity contribution in [2.24, 2.45) is 4.40 Å². The largest absolute Gasteiger partial charge is 0.351 e. The Morgan fingerprint density at radius 2 is 1.61 bits per heavy atom. The molecule has 3 aromatic carbocycles. The Morgan fingerprint density at radius 3 is 2.33 bits per heavy atom. The van der Waals surface area contributed by atoms with Gasteiger partial charge in [0.1, 0.15) is 10.9 Å². The molecule has 1 aliphatic heterocycles. The third kappa shape index (κ3) is 5.18. The van der Waals surface area contributed by atoms with Crippen LogP contribution >= 0.6 is 11.6 Å². The van der Waals surface area contributed by atoms with Gasteiger partial charge in [0.2, 0.25) is 5.91 Å². The lowest BCUT2D eigenvalue weighted by Gasteiger charge is -2.34. The van der Waals surface area contributed by atoms with Gasteiger partial charge in [-0.3, -0.25) is 4.79 Å². The van der Waals surface area contributed by atoms with Gasteiger partial charge in [0, 0.05) is 23.2 Å². The van der Waals surface area contributed by atoms with E-state index in [1.54, 1.807) is 41.3 Å². The van der Waals surface area contributed by atoms with Gasteiger partial charge in [-0.25, -0.2) is 0 Å². The summed E-state index contributed by atoms with van der Waals surface area (Å²) in [4.78, 5) is 15.9. The number of carbonyl (C=O) groups is 1. The van der Waals surface area contributed by atoms with Crippen LogP contribution in [0.25, 0.3) is 0 Å². The van der Waals surface area contributed by atoms with Crippen LogP contribution in [0.2, 0.25) is 5.02 Å². The van der Waals surface area contributed by atoms with Crippen molar-refractivity contribution in [2.75, 3.05) is 0 Å². The number of amidine groups is 1. The molecular formula is C28H28ClN3O3S. The quantitative estimate of drug-likeness (QED) is 0.466. The van der Waals surface area contributed by atoms with E-state index >= 15 is 0 Å². The zero-order valence-electron chi connectivity index (χ0n) is 19.8. The number of carbonyl (C=O) groups excluding carboxylic acids is 1. The molecule has 0 aromatic heterocycles. The zero-order valence-corrected chi connectivity index (χ0v) is 21.4. The summed E-state index contributed by atoms with van der Waals surface area (Å²) in [5.41, 5.74) is 2.15. The number of nitrogens with zero attached hydrogens (tertiary/aromatic N) is 2. The van der Waals surface area contributed by atoms with E-state index in [1.807, 2.05) is 42.5 Å². The van der Waals surface area contributed by atoms with Crippen LogP contribution in [0.1, 0.15) is 54.8 Å². The lowest BCUT2D eigenvalue weighted by molar-refractivity contribution is -0.126. The number of halogens is 1. The van der Waals surface area contributed by atoms with Crippen LogP contribution in [-0.2, 0) is 21.4 Å². The lowest BCUT2D eigenvalue weighted by Crippen LogP contribution is -2.46. The van der Waals surface area contributed by atoms with Crippen LogP contribution in [0, 0.1) is 0 Å². The van der Waals surface area contributed by atoms with Crippen LogP contribution in [0.5, 0.6) is 0 Å². The van der Waals surface area contributed by atoms with Crippen LogP contribution in [0.3, 0.4) is 0 Å². The highest BCUT2D eigenvalue weighted by Crippen LogP contribution is 2.34. The average Bonchev–Trinajstić information content (AvgIpc) is 3.17. The molecule has 1 amide bonds. The van der Waals surface area contributed by atoms with E-state index in [9.17, 15) is 13.2 Å². The number of benzene rings is 3. The molecule has 0 radical (unpaired) electrons. The standard InChI is InChI=1S/C28H28ClN3O3S/c29-22-17-15-21(16-18-22)26(28(33)30-23-11-5-2-6-12-23)32(19-20-9-3-1-4-10-20)27-24-13-7-8-14-25(24)36(34,35)31-27/h1,3-4,7-10,13-18,23,26H,2,5-6,11-12,19H2,(H,30,33). The first kappa shape index (κ1) is 24.5. The molecule has 3 aromatic rings. The number of amides is 1. The van der Waals surface area contributed by atoms with Crippen molar-refractivity contribution < 1.29 is 13.2 Å². The highest BCUT2D eigenvalue weighted by Gasteiger charge is 2.38. The second-order valence-electron chi connectivity index (χ2n) is 9.30. The molecule has 0 spiro atoms. The number of rotatable bonds is 6. The number of hydrogen-bond acceptors (Lipinski definition) is 4. The summed E-state index contributed by atoms with van der Waals surface area (Å²) in [6.07, 6.45) is 5.23. The van der Waals surface area contributed by atoms with Gasteiger partial charge in [0.05, 0.1) is 0 Å². The van der Waals surface area contributed by atoms with Gasteiger partial charge in [0.15, 0.2) is 5.84 Å². The minimum absolute atomic E-state index is 0.0983. The summed E-state index contributed by atoms with van der Waals surface area (Å²) in [7, 11) is -3.87. The summed E-state index contributed by atoms with van der Waals surface area (Å²) in [5.74, 6) is 0.0952. The van der Waals surface area contributed by atoms with Crippen LogP contribution in [0.15, 0.2) is 88.2 Å². The monoisotopic (exact) mass is 521 g/mol. The molecule has 0 saturated heterocycles. The lowest BCUT2D eigenvalue weighted by atomic mass is 9.94. The molecule has 8 heteroatoms. The van der Waals surface area contributed by atoms with E-state index < -0.39 is 16.1 Å². The zero-order chi connectivity index (χ0) is 25.1. The van der Waals surface area contributed by atoms with Crippen LogP contribution in [0.4, 0.5) is 0 Å². The predicted octanol–water partition coefficient (Wildman–Crippen LogP) is 5.48. The van der Waals surface area contributed by atoms with Crippen molar-refractivity contribution in [1.29, 1.82) is 0 Å². The minimum Gasteiger partial charge on any atom is -0.351 e. The highest BCUT2D eigenvalue weighted by molar-refractivity contribution is 7.90. The number of hydrogen-bond donors (Lipinski definition) is 1. The Labute approximate surface area is 217 Å². The van der Waals surface area contributed by atoms with Crippen molar-refractivity contribution >= 4 is 33.4 Å². The highest BCUT2D eigenvalue weighted by atomic mass is 35.5. The molecule has 2 aliphatic rings. The minimum atomic E-state index is -3.87. The molecule has 1 heterocycles. The van der Waals surface area contributed by atoms with Crippen LogP contribution < -0.4 is 5.32 Å². The van der Waals surface area contributed by atoms with Crippen molar-refractivity contribution in [1.82, 2.24) is 10.2 Å². The molecule has 36 heavy (non-hydrogen) atoms. The molecule has 1 unspecified atom stereocenters. The molecule has 1 aliphatic carbocycles. The molecule has 1 fully saturated rings. The van der Waals surface area contributed by atoms with Gasteiger partial charge >= 0.3 is 0 Å². The van der Waals surface area contributed by atoms with Gasteiger partial charge in [0.25, 0.3) is 10.0 Å². The van der Waals surface area contributed by atoms with Crippen LogP contribution in [-0.4, -0.2) is 31.1 Å². The maximum atomic E-state index is 14.0. The molecule has 186 valence electrons. The SMILES string of the molecule is O=C(NC1CCCCC1)C(c1ccc(Cl)cc1)N(Cc1ccccc1)C1=NS(=O)(=O)c2ccccc21. The molecule has 1 N–H and O–H groups in total. The molecule has 5 rings (SSSR count). The molecule has 1 atom stereocenters. The summed E-state index contributed by atoms with van der Waals surface area (Å²) in [6.45, 7) is 0.301. The summed E-state index contributed by atoms with van der Waals surface area (Å²) in [6, 6.07) is 22.9. The Kier molecular flexibility index (Phi) is 7.12. The van der Waals surface area contributed by atoms with Gasteiger partial charge in [-0.2, -0.15) is 8.42 Å². The predicted molar refractivity (Wildman–Crippen MR) is 141 cm³/mol. The molecule has 6 nitrogen and oxygen atoms in total. The number of sulfonamides is 1. The smallest absolute Gasteiger partial charge is 0.285 e. The number of fused-ring (bicyclic) bond motifs is 1. The third-order valence-electron chi connectivity index (χ3n) is 6.78. The van der Waals surface area contributed by atoms with Crippen molar-refractivity contribution in [3.8, 4) is 0 Å². The average molecular weight is 522 g/mol. The molecule has 1 saturated carbocycles. The summed E-state index contributed by atoms with van der Waals surface area (Å²) < 4.78 is 30.1. The fraction of sp³-hybridized carbons (Fsp3) is 0.286. The summed E-state index contributed by atoms with van der Waals surface area (Å²) >= 11 is 6.18. The maximum Gasteiger partial charge on any atom is 0.285 e. The van der Waals surface area contributed by atoms with Gasteiger partial charge in [-0.15, -0.1) is 4.40 Å². The third-order valence-corrected chi connectivity index (χ3v) is 8.35. The van der Waals surface area contributed by atoms with Crippen molar-refractivity contribution in [3.63, 3.8) is 0 Å². The summed E-state index contributed by atoms with van der Waals surface area (Å²) in [5, 5.41) is 3.81. The van der Waals surface area contributed by atoms with Gasteiger partial charge in [-0.05, 0) is 48.2 Å². The Bertz CT molecular complexity index is 1370. The van der Waals surface area contributed by atoms with E-state index in [4.69, 9.17) is 11.6 Å². The van der Waals surface area contributed by atoms with Crippen molar-refractivity contribution in [2.45, 2.75) is 55.6 Å². The Hall–Kier alpha value is -3.16. The fourth-order valence-corrected chi connectivity index (χ4v) is 6.35. The first-order chi connectivity index (χ1) is 17.4. The van der Waals surface area contributed by atoms with E-state index in [0.717, 1.165) is 31.2 Å². The first-order valence-corrected chi connectivity index (χ1v) is 14.0. The number of nitrogens with one attached hydrogen (secondary N) is 1. The molecular weight excluding hydrogens is 494 g/mol. The van der Waals surface area contributed by atoms with E-state index in [2.05, 4.69) is 9.71 Å². The Balaban J connectivity index is 1.62. The molecule has 0 bridgehead atoms. The van der Waals surface area contributed by atoms with Gasteiger partial charge in [-0.1, -0.05) is 85.5 Å². The van der Waals surface area contributed by atoms with Crippen molar-refractivity contribution in [3.05, 3.63) is 101 Å². The fourth-order valence-electron chi connectivity index (χ4n) is 5.01. The van der Waals surface area contributed by atoms with Gasteiger partial charge < -0.3 is 10.2 Å². The Morgan fingerprint density at radius 1 is 0.944 bits per heavy atom. The van der Waals surface area contributed by atoms with E-state index in [0.29, 0.717) is 22.7 Å². The second kappa shape index (κ2) is 10.4. The van der Waals surface area contributed by atoms with E-state index in [-0.39, 0.29) is 22.7 Å². The normalized spacial score (nSPS) is 17.6. The first-order valence-electron chi connectivity index (χ1n) is 12.2. The van der Waals surface area contributed by atoms with E-state index in [1.165, 1.54) is 6.42 Å². The second-order valence-corrected chi connectivity index (χ2v) is 11.3. The topological polar surface area (TPSA) is 78.8 Å².